The Labute approximate surface area is 132 Å². The van der Waals surface area contributed by atoms with Gasteiger partial charge in [0.1, 0.15) is 12.3 Å². The van der Waals surface area contributed by atoms with Gasteiger partial charge in [-0.05, 0) is 0 Å². The summed E-state index contributed by atoms with van der Waals surface area (Å²) in [5.41, 5.74) is 1.22. The number of imidazole rings is 1. The van der Waals surface area contributed by atoms with E-state index in [9.17, 15) is 5.11 Å². The lowest BCUT2D eigenvalue weighted by atomic mass is 10.2. The first-order valence-corrected chi connectivity index (χ1v) is 7.09. The van der Waals surface area contributed by atoms with Crippen molar-refractivity contribution in [3.8, 4) is 23.1 Å². The summed E-state index contributed by atoms with van der Waals surface area (Å²) in [6.07, 6.45) is 3.64. The van der Waals surface area contributed by atoms with Crippen LogP contribution in [0.5, 0.6) is 11.9 Å². The second kappa shape index (κ2) is 6.49. The van der Waals surface area contributed by atoms with Crippen LogP contribution in [0, 0.1) is 0 Å². The zero-order valence-corrected chi connectivity index (χ0v) is 12.8. The van der Waals surface area contributed by atoms with E-state index < -0.39 is 12.2 Å². The molecule has 2 aromatic rings. The van der Waals surface area contributed by atoms with Gasteiger partial charge in [0.2, 0.25) is 5.88 Å². The molecule has 1 saturated heterocycles. The monoisotopic (exact) mass is 322 g/mol. The van der Waals surface area contributed by atoms with Gasteiger partial charge in [-0.3, -0.25) is 0 Å². The number of aliphatic hydroxyl groups is 2. The Kier molecular flexibility index (Phi) is 4.42. The lowest BCUT2D eigenvalue weighted by molar-refractivity contribution is -0.0443. The van der Waals surface area contributed by atoms with Gasteiger partial charge in [-0.2, -0.15) is 4.98 Å². The smallest absolute Gasteiger partial charge is 0.319 e. The van der Waals surface area contributed by atoms with E-state index in [4.69, 9.17) is 19.3 Å². The van der Waals surface area contributed by atoms with E-state index in [0.29, 0.717) is 23.6 Å². The molecule has 3 heterocycles. The number of nitrogens with zero attached hydrogens (tertiary/aromatic N) is 4. The number of aromatic nitrogens is 4. The minimum Gasteiger partial charge on any atom is -0.480 e. The molecule has 1 aliphatic heterocycles. The van der Waals surface area contributed by atoms with Crippen LogP contribution in [0.1, 0.15) is 12.6 Å². The van der Waals surface area contributed by atoms with Crippen molar-refractivity contribution in [2.75, 3.05) is 20.8 Å². The van der Waals surface area contributed by atoms with E-state index in [0.717, 1.165) is 0 Å². The predicted molar refractivity (Wildman–Crippen MR) is 78.0 cm³/mol. The van der Waals surface area contributed by atoms with Gasteiger partial charge in [0, 0.05) is 18.8 Å². The van der Waals surface area contributed by atoms with Crippen molar-refractivity contribution in [3.63, 3.8) is 0 Å². The molecular weight excluding hydrogens is 304 g/mol. The second-order valence-electron chi connectivity index (χ2n) is 5.10. The van der Waals surface area contributed by atoms with E-state index in [1.54, 1.807) is 23.3 Å². The number of rotatable bonds is 5. The molecule has 0 saturated carbocycles. The summed E-state index contributed by atoms with van der Waals surface area (Å²) >= 11 is 0. The quantitative estimate of drug-likeness (QED) is 0.791. The van der Waals surface area contributed by atoms with Crippen LogP contribution in [0.4, 0.5) is 0 Å². The van der Waals surface area contributed by atoms with Gasteiger partial charge in [-0.25, -0.2) is 9.97 Å². The minimum absolute atomic E-state index is 0.207. The molecule has 1 aliphatic rings. The number of methoxy groups -OCH3 is 2. The third kappa shape index (κ3) is 2.98. The fourth-order valence-corrected chi connectivity index (χ4v) is 2.48. The number of aliphatic hydroxyl groups excluding tert-OH is 2. The summed E-state index contributed by atoms with van der Waals surface area (Å²) in [5, 5.41) is 19.0. The molecule has 23 heavy (non-hydrogen) atoms. The van der Waals surface area contributed by atoms with Gasteiger partial charge in [-0.15, -0.1) is 0 Å². The molecule has 3 rings (SSSR count). The first-order chi connectivity index (χ1) is 11.2. The number of hydrogen-bond acceptors (Lipinski definition) is 8. The molecule has 3 atom stereocenters. The zero-order chi connectivity index (χ0) is 16.4. The third-order valence-electron chi connectivity index (χ3n) is 3.70. The molecule has 0 spiro atoms. The molecule has 0 bridgehead atoms. The van der Waals surface area contributed by atoms with Crippen molar-refractivity contribution in [2.45, 2.75) is 24.9 Å². The van der Waals surface area contributed by atoms with Crippen molar-refractivity contribution in [1.29, 1.82) is 0 Å². The fraction of sp³-hybridized carbons (Fsp3) is 0.500. The van der Waals surface area contributed by atoms with Crippen LogP contribution in [0.3, 0.4) is 0 Å². The van der Waals surface area contributed by atoms with Crippen LogP contribution < -0.4 is 9.47 Å². The average Bonchev–Trinajstić information content (AvgIpc) is 3.20. The Morgan fingerprint density at radius 1 is 1.35 bits per heavy atom. The average molecular weight is 322 g/mol. The fourth-order valence-electron chi connectivity index (χ4n) is 2.48. The SMILES string of the molecule is COc1ncc(-c2cn([C@H]3C[C@H](O)[C@@H](CO)O3)cn2)c(OC)n1. The minimum atomic E-state index is -0.699. The highest BCUT2D eigenvalue weighted by atomic mass is 16.5. The molecule has 0 aromatic carbocycles. The van der Waals surface area contributed by atoms with Crippen molar-refractivity contribution in [2.24, 2.45) is 0 Å². The molecule has 2 aromatic heterocycles. The van der Waals surface area contributed by atoms with Gasteiger partial charge >= 0.3 is 6.01 Å². The Hall–Kier alpha value is -2.23. The Morgan fingerprint density at radius 3 is 2.83 bits per heavy atom. The summed E-state index contributed by atoms with van der Waals surface area (Å²) < 4.78 is 17.5. The normalized spacial score (nSPS) is 23.9. The highest BCUT2D eigenvalue weighted by molar-refractivity contribution is 5.63. The lowest BCUT2D eigenvalue weighted by Gasteiger charge is -2.12. The highest BCUT2D eigenvalue weighted by Crippen LogP contribution is 2.32. The maximum absolute atomic E-state index is 9.81. The topological polar surface area (TPSA) is 112 Å². The number of ether oxygens (including phenoxy) is 3. The largest absolute Gasteiger partial charge is 0.480 e. The maximum atomic E-state index is 9.81. The van der Waals surface area contributed by atoms with Crippen LogP contribution >= 0.6 is 0 Å². The van der Waals surface area contributed by atoms with Crippen LogP contribution in [0.2, 0.25) is 0 Å². The molecule has 124 valence electrons. The van der Waals surface area contributed by atoms with Crippen molar-refractivity contribution in [3.05, 3.63) is 18.7 Å². The van der Waals surface area contributed by atoms with Gasteiger partial charge < -0.3 is 29.0 Å². The Morgan fingerprint density at radius 2 is 2.17 bits per heavy atom. The number of hydrogen-bond donors (Lipinski definition) is 2. The van der Waals surface area contributed by atoms with Gasteiger partial charge in [0.15, 0.2) is 0 Å². The Balaban J connectivity index is 1.85. The zero-order valence-electron chi connectivity index (χ0n) is 12.8. The van der Waals surface area contributed by atoms with Gasteiger partial charge in [0.25, 0.3) is 0 Å². The molecule has 0 unspecified atom stereocenters. The summed E-state index contributed by atoms with van der Waals surface area (Å²) in [5.74, 6) is 0.350. The van der Waals surface area contributed by atoms with Crippen molar-refractivity contribution < 1.29 is 24.4 Å². The molecule has 0 aliphatic carbocycles. The van der Waals surface area contributed by atoms with Crippen LogP contribution in [0.15, 0.2) is 18.7 Å². The van der Waals surface area contributed by atoms with Crippen LogP contribution in [-0.2, 0) is 4.74 Å². The summed E-state index contributed by atoms with van der Waals surface area (Å²) in [4.78, 5) is 12.5. The molecule has 9 heteroatoms. The lowest BCUT2D eigenvalue weighted by Crippen LogP contribution is -2.24. The molecular formula is C14H18N4O5. The standard InChI is InChI=1S/C14H18N4O5/c1-21-13-8(4-15-14(17-13)22-2)9-5-18(7-16-9)12-3-10(20)11(6-19)23-12/h4-5,7,10-12,19-20H,3,6H2,1-2H3/t10-,11+,12+/m0/s1. The molecule has 0 amide bonds. The molecule has 2 N–H and O–H groups in total. The first-order valence-electron chi connectivity index (χ1n) is 7.09. The van der Waals surface area contributed by atoms with Gasteiger partial charge in [0.05, 0.1) is 44.5 Å². The van der Waals surface area contributed by atoms with Crippen LogP contribution in [0.25, 0.3) is 11.3 Å². The highest BCUT2D eigenvalue weighted by Gasteiger charge is 2.34. The molecule has 9 nitrogen and oxygen atoms in total. The molecule has 0 radical (unpaired) electrons. The molecule has 1 fully saturated rings. The summed E-state index contributed by atoms with van der Waals surface area (Å²) in [6.45, 7) is -0.223. The predicted octanol–water partition coefficient (Wildman–Crippen LogP) is -0.00200. The first kappa shape index (κ1) is 15.7. The Bertz CT molecular complexity index is 677. The summed E-state index contributed by atoms with van der Waals surface area (Å²) in [6, 6.07) is 0.207. The van der Waals surface area contributed by atoms with E-state index in [2.05, 4.69) is 15.0 Å². The summed E-state index contributed by atoms with van der Waals surface area (Å²) in [7, 11) is 2.98. The third-order valence-corrected chi connectivity index (χ3v) is 3.70. The van der Waals surface area contributed by atoms with E-state index >= 15 is 0 Å². The second-order valence-corrected chi connectivity index (χ2v) is 5.10. The maximum Gasteiger partial charge on any atom is 0.319 e. The van der Waals surface area contributed by atoms with Crippen LogP contribution in [-0.4, -0.2) is 62.8 Å². The van der Waals surface area contributed by atoms with Crippen molar-refractivity contribution >= 4 is 0 Å². The van der Waals surface area contributed by atoms with E-state index in [1.165, 1.54) is 14.2 Å². The van der Waals surface area contributed by atoms with E-state index in [-0.39, 0.29) is 18.8 Å². The van der Waals surface area contributed by atoms with Gasteiger partial charge in [-0.1, -0.05) is 0 Å². The van der Waals surface area contributed by atoms with Crippen molar-refractivity contribution in [1.82, 2.24) is 19.5 Å². The van der Waals surface area contributed by atoms with E-state index in [1.807, 2.05) is 0 Å².